The number of carbonyl (C=O) groups excluding carboxylic acids is 4. The van der Waals surface area contributed by atoms with Gasteiger partial charge in [-0.05, 0) is 89.9 Å². The molecule has 0 radical (unpaired) electrons. The van der Waals surface area contributed by atoms with E-state index in [0.717, 1.165) is 22.2 Å². The predicted octanol–water partition coefficient (Wildman–Crippen LogP) is 4.76. The normalized spacial score (nSPS) is 14.6. The van der Waals surface area contributed by atoms with E-state index in [0.29, 0.717) is 21.5 Å². The smallest absolute Gasteiger partial charge is 0.326 e. The van der Waals surface area contributed by atoms with Crippen LogP contribution in [0.25, 0.3) is 6.08 Å². The molecule has 1 aliphatic heterocycles. The molecular weight excluding hydrogens is 524 g/mol. The van der Waals surface area contributed by atoms with E-state index >= 15 is 0 Å². The van der Waals surface area contributed by atoms with Crippen molar-refractivity contribution >= 4 is 62.5 Å². The lowest BCUT2D eigenvalue weighted by Crippen LogP contribution is -2.35. The van der Waals surface area contributed by atoms with Crippen LogP contribution in [0.1, 0.15) is 25.0 Å². The largest absolute Gasteiger partial charge is 0.483 e. The van der Waals surface area contributed by atoms with Gasteiger partial charge in [0, 0.05) is 5.69 Å². The number of hydrogen-bond donors (Lipinski definition) is 1. The fourth-order valence-corrected chi connectivity index (χ4v) is 4.35. The van der Waals surface area contributed by atoms with Crippen LogP contribution in [0.3, 0.4) is 0 Å². The molecule has 1 fully saturated rings. The van der Waals surface area contributed by atoms with Crippen molar-refractivity contribution < 1.29 is 28.7 Å². The van der Waals surface area contributed by atoms with Crippen molar-refractivity contribution in [2.45, 2.75) is 26.9 Å². The van der Waals surface area contributed by atoms with Crippen LogP contribution in [0.5, 0.6) is 5.75 Å². The molecule has 1 saturated heterocycles. The Morgan fingerprint density at radius 2 is 1.94 bits per heavy atom. The minimum absolute atomic E-state index is 0.183. The first-order valence-electron chi connectivity index (χ1n) is 10.4. The summed E-state index contributed by atoms with van der Waals surface area (Å²) in [5.74, 6) is -1.05. The van der Waals surface area contributed by atoms with Crippen molar-refractivity contribution in [1.29, 1.82) is 0 Å². The Morgan fingerprint density at radius 3 is 2.62 bits per heavy atom. The number of rotatable bonds is 8. The van der Waals surface area contributed by atoms with Crippen LogP contribution in [0.15, 0.2) is 51.8 Å². The lowest BCUT2D eigenvalue weighted by atomic mass is 10.2. The molecule has 2 aromatic carbocycles. The van der Waals surface area contributed by atoms with Crippen molar-refractivity contribution in [3.63, 3.8) is 0 Å². The molecule has 8 nitrogen and oxygen atoms in total. The van der Waals surface area contributed by atoms with E-state index in [9.17, 15) is 19.2 Å². The number of anilines is 1. The van der Waals surface area contributed by atoms with Crippen molar-refractivity contribution in [3.8, 4) is 5.75 Å². The molecule has 34 heavy (non-hydrogen) atoms. The highest BCUT2D eigenvalue weighted by molar-refractivity contribution is 9.10. The minimum Gasteiger partial charge on any atom is -0.483 e. The molecule has 0 unspecified atom stereocenters. The third-order valence-corrected chi connectivity index (χ3v) is 5.97. The second kappa shape index (κ2) is 11.3. The summed E-state index contributed by atoms with van der Waals surface area (Å²) in [6.07, 6.45) is 1.21. The number of aryl methyl sites for hydroxylation is 1. The van der Waals surface area contributed by atoms with E-state index in [2.05, 4.69) is 21.2 Å². The summed E-state index contributed by atoms with van der Waals surface area (Å²) in [6.45, 7) is 4.70. The summed E-state index contributed by atoms with van der Waals surface area (Å²) in [5, 5.41) is 2.24. The average Bonchev–Trinajstić information content (AvgIpc) is 3.00. The van der Waals surface area contributed by atoms with Crippen molar-refractivity contribution in [2.75, 3.05) is 18.5 Å². The highest BCUT2D eigenvalue weighted by Crippen LogP contribution is 2.34. The van der Waals surface area contributed by atoms with Gasteiger partial charge >= 0.3 is 5.97 Å². The van der Waals surface area contributed by atoms with Gasteiger partial charge in [-0.25, -0.2) is 0 Å². The summed E-state index contributed by atoms with van der Waals surface area (Å²) in [5.41, 5.74) is 2.36. The maximum atomic E-state index is 12.6. The van der Waals surface area contributed by atoms with E-state index < -0.39 is 23.7 Å². The summed E-state index contributed by atoms with van der Waals surface area (Å²) in [7, 11) is 0. The molecule has 0 aromatic heterocycles. The summed E-state index contributed by atoms with van der Waals surface area (Å²) in [4.78, 5) is 49.8. The number of benzene rings is 2. The van der Waals surface area contributed by atoms with Gasteiger partial charge in [-0.15, -0.1) is 0 Å². The summed E-state index contributed by atoms with van der Waals surface area (Å²) < 4.78 is 11.2. The van der Waals surface area contributed by atoms with E-state index in [-0.39, 0.29) is 23.5 Å². The van der Waals surface area contributed by atoms with Gasteiger partial charge in [0.1, 0.15) is 12.3 Å². The quantitative estimate of drug-likeness (QED) is 0.376. The topological polar surface area (TPSA) is 102 Å². The third-order valence-electron chi connectivity index (χ3n) is 4.44. The van der Waals surface area contributed by atoms with E-state index in [1.54, 1.807) is 44.2 Å². The number of nitrogens with one attached hydrogen (secondary N) is 1. The lowest BCUT2D eigenvalue weighted by Gasteiger charge is -2.13. The second-order valence-electron chi connectivity index (χ2n) is 7.70. The Balaban J connectivity index is 1.61. The molecule has 178 valence electrons. The molecule has 0 bridgehead atoms. The summed E-state index contributed by atoms with van der Waals surface area (Å²) >= 11 is 4.16. The molecular formula is C24H23BrN2O6S. The van der Waals surface area contributed by atoms with Gasteiger partial charge < -0.3 is 14.8 Å². The fraction of sp³-hybridized carbons (Fsp3) is 0.250. The molecule has 0 atom stereocenters. The van der Waals surface area contributed by atoms with Gasteiger partial charge in [-0.2, -0.15) is 0 Å². The van der Waals surface area contributed by atoms with E-state index in [1.165, 1.54) is 0 Å². The van der Waals surface area contributed by atoms with Gasteiger partial charge in [-0.3, -0.25) is 24.1 Å². The van der Waals surface area contributed by atoms with Crippen LogP contribution in [0.4, 0.5) is 10.5 Å². The molecule has 1 aliphatic rings. The molecule has 3 amide bonds. The van der Waals surface area contributed by atoms with Crippen LogP contribution < -0.4 is 10.1 Å². The first-order chi connectivity index (χ1) is 16.1. The number of amides is 3. The minimum atomic E-state index is -0.644. The van der Waals surface area contributed by atoms with Gasteiger partial charge in [0.05, 0.1) is 15.5 Å². The molecule has 2 aromatic rings. The standard InChI is InChI=1S/C24H23BrN2O6S/c1-14(2)33-22(29)12-27-23(30)20(34-24(27)31)11-16-7-8-19(18(25)10-16)32-13-21(28)26-17-6-4-5-15(3)9-17/h4-11,14H,12-13H2,1-3H3,(H,26,28)/b20-11-. The highest BCUT2D eigenvalue weighted by Gasteiger charge is 2.36. The maximum Gasteiger partial charge on any atom is 0.326 e. The third kappa shape index (κ3) is 6.94. The molecule has 0 saturated carbocycles. The first kappa shape index (κ1) is 25.5. The van der Waals surface area contributed by atoms with E-state index in [4.69, 9.17) is 9.47 Å². The van der Waals surface area contributed by atoms with Crippen LogP contribution in [0, 0.1) is 6.92 Å². The van der Waals surface area contributed by atoms with Crippen molar-refractivity contribution in [1.82, 2.24) is 4.90 Å². The molecule has 10 heteroatoms. The Kier molecular flexibility index (Phi) is 8.51. The van der Waals surface area contributed by atoms with Gasteiger partial charge in [0.15, 0.2) is 6.61 Å². The number of hydrogen-bond acceptors (Lipinski definition) is 7. The second-order valence-corrected chi connectivity index (χ2v) is 9.55. The molecule has 1 N–H and O–H groups in total. The summed E-state index contributed by atoms with van der Waals surface area (Å²) in [6, 6.07) is 12.5. The van der Waals surface area contributed by atoms with Crippen LogP contribution in [-0.2, 0) is 19.1 Å². The zero-order valence-corrected chi connectivity index (χ0v) is 21.2. The number of carbonyl (C=O) groups is 4. The van der Waals surface area contributed by atoms with Gasteiger partial charge in [0.2, 0.25) is 0 Å². The Bertz CT molecular complexity index is 1160. The van der Waals surface area contributed by atoms with Gasteiger partial charge in [0.25, 0.3) is 17.1 Å². The van der Waals surface area contributed by atoms with Crippen molar-refractivity contribution in [2.24, 2.45) is 0 Å². The maximum absolute atomic E-state index is 12.6. The van der Waals surface area contributed by atoms with E-state index in [1.807, 2.05) is 25.1 Å². The molecule has 1 heterocycles. The highest BCUT2D eigenvalue weighted by atomic mass is 79.9. The number of halogens is 1. The van der Waals surface area contributed by atoms with Gasteiger partial charge in [-0.1, -0.05) is 18.2 Å². The molecule has 3 rings (SSSR count). The van der Waals surface area contributed by atoms with Crippen LogP contribution in [-0.4, -0.2) is 47.2 Å². The zero-order valence-electron chi connectivity index (χ0n) is 18.8. The zero-order chi connectivity index (χ0) is 24.8. The number of nitrogens with zero attached hydrogens (tertiary/aromatic N) is 1. The number of imide groups is 1. The fourth-order valence-electron chi connectivity index (χ4n) is 3.00. The number of esters is 1. The number of ether oxygens (including phenoxy) is 2. The Labute approximate surface area is 209 Å². The van der Waals surface area contributed by atoms with Crippen LogP contribution >= 0.6 is 27.7 Å². The Hall–Kier alpha value is -3.11. The SMILES string of the molecule is Cc1cccc(NC(=O)COc2ccc(/C=C3\SC(=O)N(CC(=O)OC(C)C)C3=O)cc2Br)c1. The lowest BCUT2D eigenvalue weighted by molar-refractivity contribution is -0.149. The Morgan fingerprint density at radius 1 is 1.18 bits per heavy atom. The molecule has 0 aliphatic carbocycles. The van der Waals surface area contributed by atoms with Crippen molar-refractivity contribution in [3.05, 3.63) is 63.0 Å². The molecule has 0 spiro atoms. The number of thioether (sulfide) groups is 1. The monoisotopic (exact) mass is 546 g/mol. The predicted molar refractivity (Wildman–Crippen MR) is 133 cm³/mol. The van der Waals surface area contributed by atoms with Crippen LogP contribution in [0.2, 0.25) is 0 Å². The average molecular weight is 547 g/mol. The first-order valence-corrected chi connectivity index (χ1v) is 12.0.